The van der Waals surface area contributed by atoms with Crippen molar-refractivity contribution in [2.24, 2.45) is 0 Å². The van der Waals surface area contributed by atoms with Gasteiger partial charge in [-0.25, -0.2) is 0 Å². The Bertz CT molecular complexity index is 645. The van der Waals surface area contributed by atoms with Crippen LogP contribution in [0, 0.1) is 24.3 Å². The predicted octanol–water partition coefficient (Wildman–Crippen LogP) is 4.46. The second-order valence-electron chi connectivity index (χ2n) is 4.22. The molecule has 0 saturated carbocycles. The van der Waals surface area contributed by atoms with Crippen LogP contribution >= 0.6 is 0 Å². The van der Waals surface area contributed by atoms with Crippen molar-refractivity contribution >= 4 is 13.2 Å². The third-order valence-electron chi connectivity index (χ3n) is 2.97. The molecule has 2 aromatic rings. The van der Waals surface area contributed by atoms with Gasteiger partial charge in [-0.1, -0.05) is 77.3 Å². The van der Waals surface area contributed by atoms with Gasteiger partial charge in [0, 0.05) is 0 Å². The van der Waals surface area contributed by atoms with Gasteiger partial charge in [-0.2, -0.15) is 0 Å². The van der Waals surface area contributed by atoms with Crippen LogP contribution in [-0.4, -0.2) is 0 Å². The summed E-state index contributed by atoms with van der Waals surface area (Å²) in [6.07, 6.45) is 0. The number of hydrogen-bond acceptors (Lipinski definition) is 0. The monoisotopic (exact) mass is 268 g/mol. The molecule has 2 aromatic carbocycles. The van der Waals surface area contributed by atoms with Crippen LogP contribution in [0.5, 0.6) is 0 Å². The predicted molar refractivity (Wildman–Crippen MR) is 93.0 cm³/mol. The van der Waals surface area contributed by atoms with Gasteiger partial charge in [0.05, 0.1) is 0 Å². The first-order chi connectivity index (χ1) is 9.61. The summed E-state index contributed by atoms with van der Waals surface area (Å²) in [5.41, 5.74) is 2.51. The highest BCUT2D eigenvalue weighted by atomic mass is 14.0. The second-order valence-corrected chi connectivity index (χ2v) is 4.22. The zero-order valence-corrected chi connectivity index (χ0v) is 13.9. The first-order valence-corrected chi connectivity index (χ1v) is 7.45. The summed E-state index contributed by atoms with van der Waals surface area (Å²) >= 11 is 0. The lowest BCUT2D eigenvalue weighted by Crippen LogP contribution is -2.09. The first kappa shape index (κ1) is 18.2. The number of benzene rings is 2. The van der Waals surface area contributed by atoms with Crippen LogP contribution in [0.4, 0.5) is 0 Å². The molecule has 108 valence electrons. The molecular formula is C20H28. The van der Waals surface area contributed by atoms with E-state index in [1.165, 1.54) is 21.6 Å². The quantitative estimate of drug-likeness (QED) is 0.661. The molecule has 0 unspecified atom stereocenters. The minimum absolute atomic E-state index is 1.07. The van der Waals surface area contributed by atoms with Gasteiger partial charge < -0.3 is 0 Å². The van der Waals surface area contributed by atoms with Gasteiger partial charge >= 0.3 is 0 Å². The van der Waals surface area contributed by atoms with E-state index in [-0.39, 0.29) is 0 Å². The summed E-state index contributed by atoms with van der Waals surface area (Å²) in [6, 6.07) is 12.4. The van der Waals surface area contributed by atoms with Crippen LogP contribution < -0.4 is 10.4 Å². The summed E-state index contributed by atoms with van der Waals surface area (Å²) in [5.74, 6) is 0. The van der Waals surface area contributed by atoms with Crippen LogP contribution in [0.3, 0.4) is 0 Å². The Balaban J connectivity index is 0.000000829. The smallest absolute Gasteiger partial charge is 0.00796 e. The average Bonchev–Trinajstić information content (AvgIpc) is 2.46. The molecule has 0 saturated heterocycles. The van der Waals surface area contributed by atoms with Crippen molar-refractivity contribution in [3.8, 4) is 0 Å². The lowest BCUT2D eigenvalue weighted by atomic mass is 10.0. The fourth-order valence-corrected chi connectivity index (χ4v) is 2.17. The maximum absolute atomic E-state index is 4.11. The molecular weight excluding hydrogens is 240 g/mol. The summed E-state index contributed by atoms with van der Waals surface area (Å²) in [4.78, 5) is 0. The van der Waals surface area contributed by atoms with Gasteiger partial charge in [0.15, 0.2) is 0 Å². The highest BCUT2D eigenvalue weighted by molar-refractivity contribution is 5.30. The van der Waals surface area contributed by atoms with Gasteiger partial charge in [-0.3, -0.25) is 0 Å². The SMILES string of the molecule is C=c1cccc(C)/c1=c1\c(C)cccc1=C.CC.CC. The molecule has 0 bridgehead atoms. The van der Waals surface area contributed by atoms with Gasteiger partial charge in [0.1, 0.15) is 0 Å². The third-order valence-corrected chi connectivity index (χ3v) is 2.97. The number of aryl methyl sites for hydroxylation is 2. The molecule has 0 aliphatic heterocycles. The van der Waals surface area contributed by atoms with Crippen LogP contribution in [0.15, 0.2) is 36.4 Å². The Kier molecular flexibility index (Phi) is 8.31. The molecule has 0 heterocycles. The summed E-state index contributed by atoms with van der Waals surface area (Å²) in [7, 11) is 0. The Morgan fingerprint density at radius 2 is 0.900 bits per heavy atom. The molecule has 0 amide bonds. The molecule has 0 N–H and O–H groups in total. The van der Waals surface area contributed by atoms with Gasteiger partial charge in [0.2, 0.25) is 0 Å². The summed E-state index contributed by atoms with van der Waals surface area (Å²) < 4.78 is 0. The number of rotatable bonds is 0. The van der Waals surface area contributed by atoms with E-state index in [2.05, 4.69) is 39.1 Å². The van der Waals surface area contributed by atoms with E-state index in [0.717, 1.165) is 10.4 Å². The van der Waals surface area contributed by atoms with Crippen molar-refractivity contribution in [3.63, 3.8) is 0 Å². The molecule has 0 spiro atoms. The average molecular weight is 268 g/mol. The van der Waals surface area contributed by atoms with Crippen LogP contribution in [0.1, 0.15) is 38.8 Å². The molecule has 0 radical (unpaired) electrons. The fraction of sp³-hybridized carbons (Fsp3) is 0.300. The van der Waals surface area contributed by atoms with Crippen LogP contribution in [-0.2, 0) is 0 Å². The van der Waals surface area contributed by atoms with E-state index in [0.29, 0.717) is 0 Å². The Hall–Kier alpha value is -1.82. The Labute approximate surface area is 123 Å². The van der Waals surface area contributed by atoms with Crippen molar-refractivity contribution in [3.05, 3.63) is 68.4 Å². The maximum atomic E-state index is 4.11. The largest absolute Gasteiger partial charge is 0.0911 e. The molecule has 20 heavy (non-hydrogen) atoms. The van der Waals surface area contributed by atoms with Crippen LogP contribution in [0.2, 0.25) is 0 Å². The van der Waals surface area contributed by atoms with E-state index >= 15 is 0 Å². The molecule has 0 aromatic heterocycles. The normalized spacial score (nSPS) is 10.7. The molecule has 0 nitrogen and oxygen atoms in total. The molecule has 2 rings (SSSR count). The molecule has 0 atom stereocenters. The maximum Gasteiger partial charge on any atom is -0.00796 e. The molecule has 0 aliphatic carbocycles. The van der Waals surface area contributed by atoms with Crippen LogP contribution in [0.25, 0.3) is 13.2 Å². The topological polar surface area (TPSA) is 0 Å². The van der Waals surface area contributed by atoms with E-state index in [1.54, 1.807) is 0 Å². The van der Waals surface area contributed by atoms with Gasteiger partial charge in [0.25, 0.3) is 0 Å². The van der Waals surface area contributed by atoms with Gasteiger partial charge in [-0.05, 0) is 45.8 Å². The zero-order valence-electron chi connectivity index (χ0n) is 13.9. The minimum atomic E-state index is 1.07. The minimum Gasteiger partial charge on any atom is -0.0911 e. The van der Waals surface area contributed by atoms with Crippen molar-refractivity contribution in [1.29, 1.82) is 0 Å². The highest BCUT2D eigenvalue weighted by Gasteiger charge is 1.95. The van der Waals surface area contributed by atoms with Gasteiger partial charge in [-0.15, -0.1) is 0 Å². The van der Waals surface area contributed by atoms with E-state index < -0.39 is 0 Å². The fourth-order valence-electron chi connectivity index (χ4n) is 2.17. The summed E-state index contributed by atoms with van der Waals surface area (Å²) in [5, 5.41) is 4.59. The second kappa shape index (κ2) is 9.14. The zero-order chi connectivity index (χ0) is 15.7. The highest BCUT2D eigenvalue weighted by Crippen LogP contribution is 2.01. The summed E-state index contributed by atoms with van der Waals surface area (Å²) in [6.45, 7) is 20.5. The molecule has 0 aliphatic rings. The Morgan fingerprint density at radius 3 is 1.15 bits per heavy atom. The van der Waals surface area contributed by atoms with Crippen molar-refractivity contribution in [2.75, 3.05) is 0 Å². The number of hydrogen-bond donors (Lipinski definition) is 0. The van der Waals surface area contributed by atoms with Crippen molar-refractivity contribution in [2.45, 2.75) is 41.5 Å². The van der Waals surface area contributed by atoms with Crippen molar-refractivity contribution in [1.82, 2.24) is 0 Å². The molecule has 0 heteroatoms. The lowest BCUT2D eigenvalue weighted by Gasteiger charge is -2.00. The standard InChI is InChI=1S/C16H16.2C2H6/c1-11-7-5-8-12(2)15(11)16-13(3)9-6-10-14(16)4;2*1-2/h5-10H,1,3H2,2,4H3;2*1-2H3/b16-15-;;. The van der Waals surface area contributed by atoms with E-state index in [9.17, 15) is 0 Å². The Morgan fingerprint density at radius 1 is 0.600 bits per heavy atom. The van der Waals surface area contributed by atoms with Crippen molar-refractivity contribution < 1.29 is 0 Å². The van der Waals surface area contributed by atoms with E-state index in [4.69, 9.17) is 0 Å². The first-order valence-electron chi connectivity index (χ1n) is 7.45. The lowest BCUT2D eigenvalue weighted by molar-refractivity contribution is 1.28. The van der Waals surface area contributed by atoms with E-state index in [1.807, 2.05) is 52.0 Å². The molecule has 0 fully saturated rings. The third kappa shape index (κ3) is 4.09.